The van der Waals surface area contributed by atoms with E-state index in [4.69, 9.17) is 0 Å². The second kappa shape index (κ2) is 7.66. The Hall–Kier alpha value is -2.40. The van der Waals surface area contributed by atoms with Gasteiger partial charge in [0.2, 0.25) is 0 Å². The van der Waals surface area contributed by atoms with Gasteiger partial charge in [-0.2, -0.15) is 0 Å². The van der Waals surface area contributed by atoms with Crippen LogP contribution in [0.1, 0.15) is 28.4 Å². The van der Waals surface area contributed by atoms with Gasteiger partial charge >= 0.3 is 0 Å². The van der Waals surface area contributed by atoms with Crippen molar-refractivity contribution < 1.29 is 4.79 Å². The molecular weight excluding hydrogens is 314 g/mol. The first kappa shape index (κ1) is 17.4. The highest BCUT2D eigenvalue weighted by Gasteiger charge is 2.22. The number of nitrogens with zero attached hydrogens (tertiary/aromatic N) is 3. The van der Waals surface area contributed by atoms with Gasteiger partial charge in [-0.1, -0.05) is 29.8 Å². The Morgan fingerprint density at radius 2 is 1.84 bits per heavy atom. The molecular formula is C20H25N3O2. The van der Waals surface area contributed by atoms with E-state index in [9.17, 15) is 9.59 Å². The summed E-state index contributed by atoms with van der Waals surface area (Å²) in [5, 5.41) is 0. The zero-order valence-corrected chi connectivity index (χ0v) is 14.9. The Labute approximate surface area is 148 Å². The van der Waals surface area contributed by atoms with Crippen LogP contribution in [0.2, 0.25) is 0 Å². The summed E-state index contributed by atoms with van der Waals surface area (Å²) in [5.74, 6) is -0.0458. The van der Waals surface area contributed by atoms with Gasteiger partial charge in [-0.25, -0.2) is 0 Å². The van der Waals surface area contributed by atoms with Gasteiger partial charge in [-0.05, 0) is 25.5 Å². The van der Waals surface area contributed by atoms with Gasteiger partial charge in [-0.15, -0.1) is 0 Å². The van der Waals surface area contributed by atoms with Crippen molar-refractivity contribution in [1.82, 2.24) is 14.4 Å². The van der Waals surface area contributed by atoms with Crippen LogP contribution in [-0.4, -0.2) is 46.5 Å². The van der Waals surface area contributed by atoms with Gasteiger partial charge in [0.25, 0.3) is 11.5 Å². The monoisotopic (exact) mass is 339 g/mol. The molecule has 1 amide bonds. The van der Waals surface area contributed by atoms with Gasteiger partial charge in [0.15, 0.2) is 0 Å². The number of aryl methyl sites for hydroxylation is 2. The minimum Gasteiger partial charge on any atom is -0.336 e. The van der Waals surface area contributed by atoms with Gasteiger partial charge < -0.3 is 9.47 Å². The maximum absolute atomic E-state index is 12.6. The number of hydrogen-bond donors (Lipinski definition) is 0. The largest absolute Gasteiger partial charge is 0.336 e. The van der Waals surface area contributed by atoms with Crippen LogP contribution in [0.5, 0.6) is 0 Å². The number of piperazine rings is 1. The quantitative estimate of drug-likeness (QED) is 0.857. The van der Waals surface area contributed by atoms with Crippen molar-refractivity contribution in [1.29, 1.82) is 0 Å². The molecule has 0 aliphatic carbocycles. The van der Waals surface area contributed by atoms with E-state index in [2.05, 4.69) is 36.1 Å². The molecule has 2 aromatic rings. The normalized spacial score (nSPS) is 15.4. The Kier molecular flexibility index (Phi) is 5.34. The molecule has 0 atom stereocenters. The molecule has 0 unspecified atom stereocenters. The molecule has 1 fully saturated rings. The van der Waals surface area contributed by atoms with Crippen LogP contribution in [0.15, 0.2) is 47.4 Å². The molecule has 25 heavy (non-hydrogen) atoms. The van der Waals surface area contributed by atoms with Crippen molar-refractivity contribution in [3.63, 3.8) is 0 Å². The first-order valence-corrected chi connectivity index (χ1v) is 8.84. The molecule has 1 aliphatic rings. The molecule has 132 valence electrons. The van der Waals surface area contributed by atoms with Crippen LogP contribution in [0.25, 0.3) is 0 Å². The van der Waals surface area contributed by atoms with E-state index in [0.29, 0.717) is 25.2 Å². The molecule has 1 saturated heterocycles. The standard InChI is InChI=1S/C20H25N3O2/c1-3-22-8-7-18(14-19(22)24)20(25)23-11-9-21(10-12-23)15-17-6-4-5-16(2)13-17/h4-8,13-14H,3,9-12,15H2,1-2H3. The Bertz CT molecular complexity index is 805. The molecule has 0 radical (unpaired) electrons. The van der Waals surface area contributed by atoms with E-state index in [1.165, 1.54) is 17.2 Å². The average molecular weight is 339 g/mol. The third kappa shape index (κ3) is 4.17. The molecule has 0 N–H and O–H groups in total. The Balaban J connectivity index is 1.59. The lowest BCUT2D eigenvalue weighted by Gasteiger charge is -2.34. The first-order valence-electron chi connectivity index (χ1n) is 8.84. The van der Waals surface area contributed by atoms with Crippen LogP contribution in [0, 0.1) is 6.92 Å². The first-order chi connectivity index (χ1) is 12.1. The summed E-state index contributed by atoms with van der Waals surface area (Å²) in [6, 6.07) is 11.7. The molecule has 0 saturated carbocycles. The number of amides is 1. The summed E-state index contributed by atoms with van der Waals surface area (Å²) in [7, 11) is 0. The van der Waals surface area contributed by atoms with Crippen molar-refractivity contribution in [2.45, 2.75) is 26.9 Å². The minimum absolute atomic E-state index is 0.0458. The highest BCUT2D eigenvalue weighted by atomic mass is 16.2. The summed E-state index contributed by atoms with van der Waals surface area (Å²) >= 11 is 0. The number of carbonyl (C=O) groups excluding carboxylic acids is 1. The van der Waals surface area contributed by atoms with Gasteiger partial charge in [-0.3, -0.25) is 14.5 Å². The SMILES string of the molecule is CCn1ccc(C(=O)N2CCN(Cc3cccc(C)c3)CC2)cc1=O. The number of benzene rings is 1. The lowest BCUT2D eigenvalue weighted by Crippen LogP contribution is -2.48. The highest BCUT2D eigenvalue weighted by Crippen LogP contribution is 2.12. The molecule has 1 aliphatic heterocycles. The lowest BCUT2D eigenvalue weighted by molar-refractivity contribution is 0.0628. The second-order valence-electron chi connectivity index (χ2n) is 6.60. The average Bonchev–Trinajstić information content (AvgIpc) is 2.62. The van der Waals surface area contributed by atoms with Gasteiger partial charge in [0.1, 0.15) is 0 Å². The van der Waals surface area contributed by atoms with E-state index in [1.807, 2.05) is 11.8 Å². The predicted octanol–water partition coefficient (Wildman–Crippen LogP) is 2.13. The number of hydrogen-bond acceptors (Lipinski definition) is 3. The van der Waals surface area contributed by atoms with Crippen LogP contribution >= 0.6 is 0 Å². The molecule has 0 bridgehead atoms. The smallest absolute Gasteiger partial charge is 0.254 e. The fraction of sp³-hybridized carbons (Fsp3) is 0.400. The highest BCUT2D eigenvalue weighted by molar-refractivity contribution is 5.94. The fourth-order valence-electron chi connectivity index (χ4n) is 3.26. The van der Waals surface area contributed by atoms with Gasteiger partial charge in [0.05, 0.1) is 0 Å². The van der Waals surface area contributed by atoms with Crippen molar-refractivity contribution in [3.8, 4) is 0 Å². The Morgan fingerprint density at radius 1 is 1.08 bits per heavy atom. The number of aromatic nitrogens is 1. The van der Waals surface area contributed by atoms with E-state index < -0.39 is 0 Å². The summed E-state index contributed by atoms with van der Waals surface area (Å²) in [6.45, 7) is 8.64. The Morgan fingerprint density at radius 3 is 2.48 bits per heavy atom. The molecule has 5 nitrogen and oxygen atoms in total. The van der Waals surface area contributed by atoms with Crippen molar-refractivity contribution >= 4 is 5.91 Å². The summed E-state index contributed by atoms with van der Waals surface area (Å²) in [5.41, 5.74) is 2.95. The lowest BCUT2D eigenvalue weighted by atomic mass is 10.1. The van der Waals surface area contributed by atoms with Crippen LogP contribution in [-0.2, 0) is 13.1 Å². The fourth-order valence-corrected chi connectivity index (χ4v) is 3.26. The number of pyridine rings is 1. The summed E-state index contributed by atoms with van der Waals surface area (Å²) < 4.78 is 1.59. The third-order valence-electron chi connectivity index (χ3n) is 4.73. The van der Waals surface area contributed by atoms with Crippen molar-refractivity contribution in [2.75, 3.05) is 26.2 Å². The predicted molar refractivity (Wildman–Crippen MR) is 98.7 cm³/mol. The molecule has 3 rings (SSSR count). The van der Waals surface area contributed by atoms with Crippen molar-refractivity contribution in [3.05, 3.63) is 69.6 Å². The second-order valence-corrected chi connectivity index (χ2v) is 6.60. The summed E-state index contributed by atoms with van der Waals surface area (Å²) in [4.78, 5) is 28.8. The molecule has 0 spiro atoms. The van der Waals surface area contributed by atoms with Crippen LogP contribution < -0.4 is 5.56 Å². The third-order valence-corrected chi connectivity index (χ3v) is 4.73. The van der Waals surface area contributed by atoms with E-state index in [-0.39, 0.29) is 11.5 Å². The number of carbonyl (C=O) groups is 1. The van der Waals surface area contributed by atoms with E-state index in [1.54, 1.807) is 16.8 Å². The maximum atomic E-state index is 12.6. The molecule has 5 heteroatoms. The number of rotatable bonds is 4. The molecule has 1 aromatic heterocycles. The zero-order chi connectivity index (χ0) is 17.8. The topological polar surface area (TPSA) is 45.6 Å². The zero-order valence-electron chi connectivity index (χ0n) is 14.9. The van der Waals surface area contributed by atoms with Crippen LogP contribution in [0.3, 0.4) is 0 Å². The van der Waals surface area contributed by atoms with Crippen molar-refractivity contribution in [2.24, 2.45) is 0 Å². The van der Waals surface area contributed by atoms with Crippen LogP contribution in [0.4, 0.5) is 0 Å². The minimum atomic E-state index is -0.119. The molecule has 2 heterocycles. The van der Waals surface area contributed by atoms with E-state index >= 15 is 0 Å². The maximum Gasteiger partial charge on any atom is 0.254 e. The van der Waals surface area contributed by atoms with Gasteiger partial charge in [0, 0.05) is 57.1 Å². The van der Waals surface area contributed by atoms with E-state index in [0.717, 1.165) is 19.6 Å². The molecule has 1 aromatic carbocycles. The summed E-state index contributed by atoms with van der Waals surface area (Å²) in [6.07, 6.45) is 1.70.